The highest BCUT2D eigenvalue weighted by molar-refractivity contribution is 7.92. The number of carbonyl (C=O) groups is 1. The van der Waals surface area contributed by atoms with Crippen LogP contribution in [0.25, 0.3) is 0 Å². The topological polar surface area (TPSA) is 76.2 Å². The van der Waals surface area contributed by atoms with Crippen LogP contribution in [0.5, 0.6) is 11.5 Å². The zero-order chi connectivity index (χ0) is 19.8. The number of benzene rings is 1. The molecule has 1 aromatic carbocycles. The number of nitrogens with zero attached hydrogens (tertiary/aromatic N) is 2. The predicted molar refractivity (Wildman–Crippen MR) is 103 cm³/mol. The van der Waals surface area contributed by atoms with Gasteiger partial charge in [0.15, 0.2) is 21.3 Å². The van der Waals surface area contributed by atoms with E-state index in [1.807, 2.05) is 37.2 Å². The van der Waals surface area contributed by atoms with E-state index in [2.05, 4.69) is 0 Å². The molecule has 0 N–H and O–H groups in total. The zero-order valence-corrected chi connectivity index (χ0v) is 17.2. The molecule has 1 amide bonds. The second kappa shape index (κ2) is 7.67. The van der Waals surface area contributed by atoms with Crippen molar-refractivity contribution in [2.45, 2.75) is 24.1 Å². The van der Waals surface area contributed by atoms with Crippen molar-refractivity contribution in [3.8, 4) is 11.5 Å². The number of fused-ring (bicyclic) bond motifs is 1. The Hall–Kier alpha value is -1.80. The third-order valence-electron chi connectivity index (χ3n) is 5.76. The number of likely N-dealkylation sites (tertiary alicyclic amines) is 1. The molecule has 2 heterocycles. The van der Waals surface area contributed by atoms with Crippen LogP contribution in [-0.2, 0) is 21.1 Å². The highest BCUT2D eigenvalue weighted by atomic mass is 32.2. The van der Waals surface area contributed by atoms with Crippen LogP contribution in [0.4, 0.5) is 0 Å². The minimum Gasteiger partial charge on any atom is -0.493 e. The molecule has 0 aromatic heterocycles. The first-order chi connectivity index (χ1) is 12.8. The van der Waals surface area contributed by atoms with Gasteiger partial charge in [0.25, 0.3) is 0 Å². The van der Waals surface area contributed by atoms with Crippen LogP contribution in [0.15, 0.2) is 18.2 Å². The van der Waals surface area contributed by atoms with Gasteiger partial charge >= 0.3 is 0 Å². The Bertz CT molecular complexity index is 808. The van der Waals surface area contributed by atoms with Crippen molar-refractivity contribution in [1.29, 1.82) is 0 Å². The van der Waals surface area contributed by atoms with Crippen molar-refractivity contribution in [2.24, 2.45) is 5.92 Å². The first-order valence-electron chi connectivity index (χ1n) is 9.13. The Balaban J connectivity index is 1.63. The molecule has 0 radical (unpaired) electrons. The van der Waals surface area contributed by atoms with Gasteiger partial charge in [-0.05, 0) is 38.2 Å². The molecule has 0 unspecified atom stereocenters. The van der Waals surface area contributed by atoms with E-state index in [0.717, 1.165) is 5.56 Å². The van der Waals surface area contributed by atoms with Crippen molar-refractivity contribution in [3.05, 3.63) is 23.8 Å². The summed E-state index contributed by atoms with van der Waals surface area (Å²) in [6.07, 6.45) is 0.927. The van der Waals surface area contributed by atoms with Gasteiger partial charge in [-0.1, -0.05) is 6.07 Å². The van der Waals surface area contributed by atoms with Crippen molar-refractivity contribution in [2.75, 3.05) is 47.2 Å². The Labute approximate surface area is 161 Å². The molecule has 3 rings (SSSR count). The molecule has 0 spiro atoms. The quantitative estimate of drug-likeness (QED) is 0.709. The van der Waals surface area contributed by atoms with E-state index in [4.69, 9.17) is 9.47 Å². The first-order valence-corrected chi connectivity index (χ1v) is 10.8. The molecule has 2 saturated heterocycles. The maximum atomic E-state index is 12.7. The van der Waals surface area contributed by atoms with E-state index in [1.165, 1.54) is 0 Å². The largest absolute Gasteiger partial charge is 0.493 e. The molecule has 2 aliphatic rings. The molecule has 0 saturated carbocycles. The van der Waals surface area contributed by atoms with Gasteiger partial charge in [-0.3, -0.25) is 4.79 Å². The summed E-state index contributed by atoms with van der Waals surface area (Å²) < 4.78 is 35.4. The van der Waals surface area contributed by atoms with E-state index in [9.17, 15) is 13.2 Å². The normalized spacial score (nSPS) is 26.3. The lowest BCUT2D eigenvalue weighted by Crippen LogP contribution is -2.38. The number of hydrogen-bond donors (Lipinski definition) is 0. The highest BCUT2D eigenvalue weighted by Crippen LogP contribution is 2.36. The smallest absolute Gasteiger partial charge is 0.222 e. The molecule has 0 bridgehead atoms. The Kier molecular flexibility index (Phi) is 5.67. The summed E-state index contributed by atoms with van der Waals surface area (Å²) in [5, 5.41) is -0.421. The number of rotatable bonds is 6. The Morgan fingerprint density at radius 2 is 1.89 bits per heavy atom. The van der Waals surface area contributed by atoms with Crippen LogP contribution >= 0.6 is 0 Å². The van der Waals surface area contributed by atoms with Crippen LogP contribution in [0.1, 0.15) is 12.0 Å². The fourth-order valence-electron chi connectivity index (χ4n) is 4.21. The molecular weight excluding hydrogens is 368 g/mol. The number of methoxy groups -OCH3 is 2. The lowest BCUT2D eigenvalue weighted by atomic mass is 10.00. The summed E-state index contributed by atoms with van der Waals surface area (Å²) in [7, 11) is 3.84. The van der Waals surface area contributed by atoms with Crippen LogP contribution in [0.3, 0.4) is 0 Å². The Morgan fingerprint density at radius 3 is 2.52 bits per heavy atom. The molecule has 2 aliphatic heterocycles. The minimum absolute atomic E-state index is 0.00638. The van der Waals surface area contributed by atoms with E-state index in [0.29, 0.717) is 37.4 Å². The maximum Gasteiger partial charge on any atom is 0.222 e. The fraction of sp³-hybridized carbons (Fsp3) is 0.632. The maximum absolute atomic E-state index is 12.7. The lowest BCUT2D eigenvalue weighted by molar-refractivity contribution is -0.130. The summed E-state index contributed by atoms with van der Waals surface area (Å²) in [5.74, 6) is 1.50. The van der Waals surface area contributed by atoms with E-state index < -0.39 is 15.1 Å². The first kappa shape index (κ1) is 19.9. The van der Waals surface area contributed by atoms with Crippen molar-refractivity contribution < 1.29 is 22.7 Å². The molecular formula is C19H28N2O5S. The van der Waals surface area contributed by atoms with Crippen LogP contribution in [-0.4, -0.2) is 82.6 Å². The van der Waals surface area contributed by atoms with Gasteiger partial charge < -0.3 is 19.3 Å². The summed E-state index contributed by atoms with van der Waals surface area (Å²) >= 11 is 0. The van der Waals surface area contributed by atoms with Crippen molar-refractivity contribution >= 4 is 15.7 Å². The molecule has 150 valence electrons. The van der Waals surface area contributed by atoms with Crippen LogP contribution in [0.2, 0.25) is 0 Å². The monoisotopic (exact) mass is 396 g/mol. The average molecular weight is 397 g/mol. The minimum atomic E-state index is -3.13. The Morgan fingerprint density at radius 1 is 1.19 bits per heavy atom. The molecule has 8 heteroatoms. The van der Waals surface area contributed by atoms with Gasteiger partial charge in [-0.25, -0.2) is 8.42 Å². The standard InChI is InChI=1S/C19H28N2O5S/c1-20(2)15-12-27(23,24)18-11-21(10-14(15)18)19(22)8-6-13-5-7-16(25-3)17(9-13)26-4/h5,7,9,14-15,18H,6,8,10-12H2,1-4H3/t14-,15+,18-/m0/s1. The summed E-state index contributed by atoms with van der Waals surface area (Å²) in [4.78, 5) is 16.4. The molecule has 7 nitrogen and oxygen atoms in total. The third kappa shape index (κ3) is 3.91. The van der Waals surface area contributed by atoms with E-state index >= 15 is 0 Å². The van der Waals surface area contributed by atoms with Gasteiger partial charge in [0.05, 0.1) is 25.2 Å². The SMILES string of the molecule is COc1ccc(CCC(=O)N2C[C@H]3[C@H](N(C)C)CS(=O)(=O)[C@H]3C2)cc1OC. The second-order valence-corrected chi connectivity index (χ2v) is 9.82. The molecule has 27 heavy (non-hydrogen) atoms. The number of sulfone groups is 1. The molecule has 3 atom stereocenters. The van der Waals surface area contributed by atoms with Crippen LogP contribution in [0, 0.1) is 5.92 Å². The summed E-state index contributed by atoms with van der Waals surface area (Å²) in [6.45, 7) is 0.847. The van der Waals surface area contributed by atoms with E-state index in [1.54, 1.807) is 19.1 Å². The van der Waals surface area contributed by atoms with Gasteiger partial charge in [-0.15, -0.1) is 0 Å². The summed E-state index contributed by atoms with van der Waals surface area (Å²) in [6, 6.07) is 5.60. The summed E-state index contributed by atoms with van der Waals surface area (Å²) in [5.41, 5.74) is 0.985. The number of ether oxygens (including phenoxy) is 2. The van der Waals surface area contributed by atoms with Gasteiger partial charge in [0, 0.05) is 31.5 Å². The van der Waals surface area contributed by atoms with Crippen LogP contribution < -0.4 is 9.47 Å². The fourth-order valence-corrected chi connectivity index (χ4v) is 6.69. The van der Waals surface area contributed by atoms with Gasteiger partial charge in [-0.2, -0.15) is 0 Å². The number of carbonyl (C=O) groups excluding carboxylic acids is 1. The predicted octanol–water partition coefficient (Wildman–Crippen LogP) is 0.822. The van der Waals surface area contributed by atoms with Crippen molar-refractivity contribution in [1.82, 2.24) is 9.80 Å². The second-order valence-electron chi connectivity index (χ2n) is 7.55. The van der Waals surface area contributed by atoms with Gasteiger partial charge in [0.1, 0.15) is 0 Å². The average Bonchev–Trinajstić information content (AvgIpc) is 3.18. The third-order valence-corrected chi connectivity index (χ3v) is 7.99. The molecule has 2 fully saturated rings. The molecule has 1 aromatic rings. The van der Waals surface area contributed by atoms with Crippen molar-refractivity contribution in [3.63, 3.8) is 0 Å². The highest BCUT2D eigenvalue weighted by Gasteiger charge is 2.53. The lowest BCUT2D eigenvalue weighted by Gasteiger charge is -2.25. The van der Waals surface area contributed by atoms with Gasteiger partial charge in [0.2, 0.25) is 5.91 Å². The number of amides is 1. The van der Waals surface area contributed by atoms with E-state index in [-0.39, 0.29) is 23.6 Å². The molecule has 0 aliphatic carbocycles. The number of aryl methyl sites for hydroxylation is 1. The zero-order valence-electron chi connectivity index (χ0n) is 16.3. The number of hydrogen-bond acceptors (Lipinski definition) is 6.